The van der Waals surface area contributed by atoms with Crippen LogP contribution in [0.3, 0.4) is 0 Å². The first-order chi connectivity index (χ1) is 6.65. The molecule has 0 saturated carbocycles. The summed E-state index contributed by atoms with van der Waals surface area (Å²) in [4.78, 5) is 0. The lowest BCUT2D eigenvalue weighted by molar-refractivity contribution is 0.249. The Bertz CT molecular complexity index is 339. The maximum atomic E-state index is 12.7. The molecule has 2 nitrogen and oxygen atoms in total. The minimum Gasteiger partial charge on any atom is -0.475 e. The van der Waals surface area contributed by atoms with E-state index in [0.717, 1.165) is 18.2 Å². The van der Waals surface area contributed by atoms with Gasteiger partial charge in [-0.2, -0.15) is 5.26 Å². The topological polar surface area (TPSA) is 33.0 Å². The van der Waals surface area contributed by atoms with E-state index in [1.807, 2.05) is 6.07 Å². The Kier molecular flexibility index (Phi) is 3.41. The van der Waals surface area contributed by atoms with Crippen molar-refractivity contribution in [2.24, 2.45) is 0 Å². The van der Waals surface area contributed by atoms with Crippen molar-refractivity contribution >= 4 is 0 Å². The Morgan fingerprint density at radius 3 is 2.36 bits per heavy atom. The second-order valence-corrected chi connectivity index (χ2v) is 2.75. The predicted octanol–water partition coefficient (Wildman–Crippen LogP) is 2.65. The van der Waals surface area contributed by atoms with Crippen molar-refractivity contribution in [2.45, 2.75) is 19.4 Å². The molecule has 0 aliphatic rings. The smallest absolute Gasteiger partial charge is 0.184 e. The summed E-state index contributed by atoms with van der Waals surface area (Å²) in [6, 6.07) is 4.71. The van der Waals surface area contributed by atoms with Crippen LogP contribution in [0.15, 0.2) is 18.2 Å². The molecule has 0 N–H and O–H groups in total. The molecule has 0 radical (unpaired) electrons. The summed E-state index contributed by atoms with van der Waals surface area (Å²) in [6.45, 7) is 1.75. The Balaban J connectivity index is 2.82. The van der Waals surface area contributed by atoms with E-state index in [0.29, 0.717) is 6.42 Å². The SMILES string of the molecule is CCC(C#N)Oc1cc(F)cc(F)c1. The molecule has 0 heterocycles. The molecule has 0 aromatic heterocycles. The molecule has 0 aliphatic heterocycles. The summed E-state index contributed by atoms with van der Waals surface area (Å²) in [5.41, 5.74) is 0. The van der Waals surface area contributed by atoms with Gasteiger partial charge < -0.3 is 4.74 Å². The standard InChI is InChI=1S/C10H9F2NO/c1-2-9(6-13)14-10-4-7(11)3-8(12)5-10/h3-5,9H,2H2,1H3. The van der Waals surface area contributed by atoms with Crippen LogP contribution in [0, 0.1) is 23.0 Å². The molecule has 0 aliphatic carbocycles. The molecule has 0 bridgehead atoms. The van der Waals surface area contributed by atoms with Gasteiger partial charge >= 0.3 is 0 Å². The maximum Gasteiger partial charge on any atom is 0.184 e. The average Bonchev–Trinajstić information content (AvgIpc) is 2.12. The van der Waals surface area contributed by atoms with Crippen LogP contribution >= 0.6 is 0 Å². The highest BCUT2D eigenvalue weighted by Gasteiger charge is 2.08. The van der Waals surface area contributed by atoms with E-state index < -0.39 is 17.7 Å². The van der Waals surface area contributed by atoms with E-state index in [1.54, 1.807) is 6.92 Å². The average molecular weight is 197 g/mol. The lowest BCUT2D eigenvalue weighted by atomic mass is 10.3. The predicted molar refractivity (Wildman–Crippen MR) is 46.7 cm³/mol. The molecule has 0 saturated heterocycles. The highest BCUT2D eigenvalue weighted by Crippen LogP contribution is 2.17. The molecule has 1 aromatic rings. The van der Waals surface area contributed by atoms with E-state index in [-0.39, 0.29) is 5.75 Å². The van der Waals surface area contributed by atoms with Gasteiger partial charge in [0, 0.05) is 18.2 Å². The zero-order valence-corrected chi connectivity index (χ0v) is 7.63. The molecule has 1 unspecified atom stereocenters. The molecule has 1 aromatic carbocycles. The van der Waals surface area contributed by atoms with E-state index in [4.69, 9.17) is 10.00 Å². The Labute approximate surface area is 80.7 Å². The van der Waals surface area contributed by atoms with E-state index in [9.17, 15) is 8.78 Å². The lowest BCUT2D eigenvalue weighted by Crippen LogP contribution is -2.12. The van der Waals surface area contributed by atoms with Gasteiger partial charge in [0.05, 0.1) is 0 Å². The molecule has 0 spiro atoms. The van der Waals surface area contributed by atoms with Crippen molar-refractivity contribution in [3.63, 3.8) is 0 Å². The van der Waals surface area contributed by atoms with Crippen LogP contribution in [0.1, 0.15) is 13.3 Å². The van der Waals surface area contributed by atoms with Crippen molar-refractivity contribution in [2.75, 3.05) is 0 Å². The molecular weight excluding hydrogens is 188 g/mol. The zero-order valence-electron chi connectivity index (χ0n) is 7.63. The van der Waals surface area contributed by atoms with Crippen LogP contribution in [0.2, 0.25) is 0 Å². The second kappa shape index (κ2) is 4.56. The van der Waals surface area contributed by atoms with Gasteiger partial charge in [-0.15, -0.1) is 0 Å². The highest BCUT2D eigenvalue weighted by molar-refractivity contribution is 5.24. The molecular formula is C10H9F2NO. The quantitative estimate of drug-likeness (QED) is 0.746. The normalized spacial score (nSPS) is 11.9. The molecule has 1 rings (SSSR count). The van der Waals surface area contributed by atoms with Gasteiger partial charge in [0.25, 0.3) is 0 Å². The highest BCUT2D eigenvalue weighted by atomic mass is 19.1. The number of benzene rings is 1. The van der Waals surface area contributed by atoms with Crippen LogP contribution in [0.25, 0.3) is 0 Å². The van der Waals surface area contributed by atoms with Gasteiger partial charge in [0.1, 0.15) is 23.5 Å². The monoisotopic (exact) mass is 197 g/mol. The van der Waals surface area contributed by atoms with Gasteiger partial charge in [-0.1, -0.05) is 6.92 Å². The second-order valence-electron chi connectivity index (χ2n) is 2.75. The number of halogens is 2. The third kappa shape index (κ3) is 2.70. The Hall–Kier alpha value is -1.63. The fraction of sp³-hybridized carbons (Fsp3) is 0.300. The molecule has 0 fully saturated rings. The van der Waals surface area contributed by atoms with Crippen LogP contribution in [0.5, 0.6) is 5.75 Å². The van der Waals surface area contributed by atoms with Crippen molar-refractivity contribution < 1.29 is 13.5 Å². The number of hydrogen-bond donors (Lipinski definition) is 0. The molecule has 14 heavy (non-hydrogen) atoms. The number of hydrogen-bond acceptors (Lipinski definition) is 2. The van der Waals surface area contributed by atoms with E-state index in [2.05, 4.69) is 0 Å². The molecule has 0 amide bonds. The van der Waals surface area contributed by atoms with Gasteiger partial charge in [0.2, 0.25) is 0 Å². The van der Waals surface area contributed by atoms with E-state index >= 15 is 0 Å². The number of nitriles is 1. The maximum absolute atomic E-state index is 12.7. The number of ether oxygens (including phenoxy) is 1. The molecule has 4 heteroatoms. The van der Waals surface area contributed by atoms with Crippen molar-refractivity contribution in [3.8, 4) is 11.8 Å². The largest absolute Gasteiger partial charge is 0.475 e. The van der Waals surface area contributed by atoms with Crippen LogP contribution < -0.4 is 4.74 Å². The Morgan fingerprint density at radius 1 is 1.36 bits per heavy atom. The van der Waals surface area contributed by atoms with Crippen molar-refractivity contribution in [1.29, 1.82) is 5.26 Å². The lowest BCUT2D eigenvalue weighted by Gasteiger charge is -2.09. The zero-order chi connectivity index (χ0) is 10.6. The van der Waals surface area contributed by atoms with Crippen molar-refractivity contribution in [3.05, 3.63) is 29.8 Å². The van der Waals surface area contributed by atoms with Gasteiger partial charge in [-0.3, -0.25) is 0 Å². The first kappa shape index (κ1) is 10.5. The van der Waals surface area contributed by atoms with Gasteiger partial charge in [-0.05, 0) is 6.42 Å². The number of rotatable bonds is 3. The fourth-order valence-corrected chi connectivity index (χ4v) is 0.962. The number of nitrogens with zero attached hydrogens (tertiary/aromatic N) is 1. The summed E-state index contributed by atoms with van der Waals surface area (Å²) < 4.78 is 30.4. The molecule has 74 valence electrons. The summed E-state index contributed by atoms with van der Waals surface area (Å²) in [6.07, 6.45) is -0.203. The first-order valence-corrected chi connectivity index (χ1v) is 4.18. The summed E-state index contributed by atoms with van der Waals surface area (Å²) >= 11 is 0. The van der Waals surface area contributed by atoms with Crippen LogP contribution in [-0.4, -0.2) is 6.10 Å². The third-order valence-corrected chi connectivity index (χ3v) is 1.63. The van der Waals surface area contributed by atoms with E-state index in [1.165, 1.54) is 0 Å². The van der Waals surface area contributed by atoms with Crippen LogP contribution in [0.4, 0.5) is 8.78 Å². The summed E-state index contributed by atoms with van der Waals surface area (Å²) in [5.74, 6) is -1.39. The summed E-state index contributed by atoms with van der Waals surface area (Å²) in [5, 5.41) is 8.56. The van der Waals surface area contributed by atoms with Crippen LogP contribution in [-0.2, 0) is 0 Å². The first-order valence-electron chi connectivity index (χ1n) is 4.18. The fourth-order valence-electron chi connectivity index (χ4n) is 0.962. The Morgan fingerprint density at radius 2 is 1.93 bits per heavy atom. The molecule has 1 atom stereocenters. The minimum atomic E-state index is -0.715. The van der Waals surface area contributed by atoms with Gasteiger partial charge in [0.15, 0.2) is 6.10 Å². The van der Waals surface area contributed by atoms with Gasteiger partial charge in [-0.25, -0.2) is 8.78 Å². The minimum absolute atomic E-state index is 0.0379. The summed E-state index contributed by atoms with van der Waals surface area (Å²) in [7, 11) is 0. The third-order valence-electron chi connectivity index (χ3n) is 1.63. The van der Waals surface area contributed by atoms with Crippen molar-refractivity contribution in [1.82, 2.24) is 0 Å².